The summed E-state index contributed by atoms with van der Waals surface area (Å²) in [5.41, 5.74) is 4.13. The van der Waals surface area contributed by atoms with Crippen molar-refractivity contribution in [2.45, 2.75) is 39.4 Å². The molecule has 0 fully saturated rings. The topological polar surface area (TPSA) is 59.6 Å². The molecular formula is C21H25ClN2O3. The summed E-state index contributed by atoms with van der Waals surface area (Å²) in [5.74, 6) is 0.747. The molecule has 144 valence electrons. The SMILES string of the molecule is CCCCOc1c(Cl)cc(C(=O)NCc2ccc3c(c2)CNC3)cc1OC. The Kier molecular flexibility index (Phi) is 6.58. The predicted octanol–water partition coefficient (Wildman–Crippen LogP) is 4.06. The van der Waals surface area contributed by atoms with Crippen molar-refractivity contribution in [2.24, 2.45) is 0 Å². The molecule has 1 amide bonds. The molecule has 2 aromatic carbocycles. The number of methoxy groups -OCH3 is 1. The molecule has 3 rings (SSSR count). The third-order valence-electron chi connectivity index (χ3n) is 4.59. The first-order valence-corrected chi connectivity index (χ1v) is 9.60. The molecule has 0 aromatic heterocycles. The van der Waals surface area contributed by atoms with Crippen molar-refractivity contribution in [3.8, 4) is 11.5 Å². The first-order valence-electron chi connectivity index (χ1n) is 9.22. The second kappa shape index (κ2) is 9.11. The summed E-state index contributed by atoms with van der Waals surface area (Å²) in [6.45, 7) is 4.90. The van der Waals surface area contributed by atoms with E-state index in [0.717, 1.165) is 31.5 Å². The molecule has 0 atom stereocenters. The van der Waals surface area contributed by atoms with E-state index in [4.69, 9.17) is 21.1 Å². The van der Waals surface area contributed by atoms with Gasteiger partial charge in [-0.05, 0) is 35.2 Å². The maximum atomic E-state index is 12.6. The number of nitrogens with one attached hydrogen (secondary N) is 2. The number of halogens is 1. The second-order valence-corrected chi connectivity index (χ2v) is 6.99. The van der Waals surface area contributed by atoms with Crippen molar-refractivity contribution in [1.29, 1.82) is 0 Å². The van der Waals surface area contributed by atoms with Crippen molar-refractivity contribution in [1.82, 2.24) is 10.6 Å². The maximum Gasteiger partial charge on any atom is 0.251 e. The summed E-state index contributed by atoms with van der Waals surface area (Å²) in [6, 6.07) is 9.57. The minimum absolute atomic E-state index is 0.200. The third kappa shape index (κ3) is 4.73. The van der Waals surface area contributed by atoms with Gasteiger partial charge in [0.05, 0.1) is 18.7 Å². The van der Waals surface area contributed by atoms with Crippen molar-refractivity contribution in [2.75, 3.05) is 13.7 Å². The molecule has 6 heteroatoms. The first kappa shape index (κ1) is 19.5. The van der Waals surface area contributed by atoms with Crippen LogP contribution in [0.15, 0.2) is 30.3 Å². The zero-order valence-corrected chi connectivity index (χ0v) is 16.5. The Morgan fingerprint density at radius 1 is 1.22 bits per heavy atom. The lowest BCUT2D eigenvalue weighted by molar-refractivity contribution is 0.0950. The molecule has 5 nitrogen and oxygen atoms in total. The van der Waals surface area contributed by atoms with Crippen LogP contribution >= 0.6 is 11.6 Å². The van der Waals surface area contributed by atoms with Crippen molar-refractivity contribution < 1.29 is 14.3 Å². The second-order valence-electron chi connectivity index (χ2n) is 6.58. The lowest BCUT2D eigenvalue weighted by Gasteiger charge is -2.14. The molecule has 0 aliphatic carbocycles. The van der Waals surface area contributed by atoms with Gasteiger partial charge in [0.25, 0.3) is 5.91 Å². The minimum atomic E-state index is -0.200. The average Bonchev–Trinajstić information content (AvgIpc) is 3.14. The van der Waals surface area contributed by atoms with E-state index in [2.05, 4.69) is 29.7 Å². The largest absolute Gasteiger partial charge is 0.493 e. The van der Waals surface area contributed by atoms with Crippen LogP contribution in [0.25, 0.3) is 0 Å². The average molecular weight is 389 g/mol. The van der Waals surface area contributed by atoms with Gasteiger partial charge in [-0.3, -0.25) is 4.79 Å². The summed E-state index contributed by atoms with van der Waals surface area (Å²) in [6.07, 6.45) is 1.96. The summed E-state index contributed by atoms with van der Waals surface area (Å²) < 4.78 is 11.1. The van der Waals surface area contributed by atoms with Gasteiger partial charge >= 0.3 is 0 Å². The Hall–Kier alpha value is -2.24. The number of benzene rings is 2. The summed E-state index contributed by atoms with van der Waals surface area (Å²) >= 11 is 6.33. The molecule has 1 heterocycles. The van der Waals surface area contributed by atoms with Gasteiger partial charge in [-0.25, -0.2) is 0 Å². The van der Waals surface area contributed by atoms with Crippen molar-refractivity contribution in [3.63, 3.8) is 0 Å². The quantitative estimate of drug-likeness (QED) is 0.669. The first-order chi connectivity index (χ1) is 13.1. The minimum Gasteiger partial charge on any atom is -0.493 e. The Morgan fingerprint density at radius 2 is 2.04 bits per heavy atom. The van der Waals surface area contributed by atoms with E-state index < -0.39 is 0 Å². The number of rotatable bonds is 8. The highest BCUT2D eigenvalue weighted by atomic mass is 35.5. The van der Waals surface area contributed by atoms with Crippen molar-refractivity contribution in [3.05, 3.63) is 57.6 Å². The number of amides is 1. The number of hydrogen-bond donors (Lipinski definition) is 2. The third-order valence-corrected chi connectivity index (χ3v) is 4.87. The molecule has 0 radical (unpaired) electrons. The Morgan fingerprint density at radius 3 is 2.81 bits per heavy atom. The van der Waals surface area contributed by atoms with Gasteiger partial charge in [0.15, 0.2) is 11.5 Å². The van der Waals surface area contributed by atoms with Gasteiger partial charge in [0.1, 0.15) is 0 Å². The lowest BCUT2D eigenvalue weighted by atomic mass is 10.1. The van der Waals surface area contributed by atoms with E-state index in [1.807, 2.05) is 6.07 Å². The summed E-state index contributed by atoms with van der Waals surface area (Å²) in [7, 11) is 1.54. The molecule has 1 aliphatic heterocycles. The van der Waals surface area contributed by atoms with E-state index >= 15 is 0 Å². The fourth-order valence-electron chi connectivity index (χ4n) is 3.05. The zero-order valence-electron chi connectivity index (χ0n) is 15.7. The molecule has 0 saturated heterocycles. The number of ether oxygens (including phenoxy) is 2. The Bertz CT molecular complexity index is 823. The van der Waals surface area contributed by atoms with Crippen LogP contribution in [0.2, 0.25) is 5.02 Å². The number of carbonyl (C=O) groups is 1. The monoisotopic (exact) mass is 388 g/mol. The molecule has 2 aromatic rings. The van der Waals surface area contributed by atoms with Gasteiger partial charge in [0.2, 0.25) is 0 Å². The van der Waals surface area contributed by atoms with Gasteiger partial charge in [-0.1, -0.05) is 43.1 Å². The zero-order chi connectivity index (χ0) is 19.2. The van der Waals surface area contributed by atoms with Crippen LogP contribution < -0.4 is 20.1 Å². The molecule has 0 spiro atoms. The number of hydrogen-bond acceptors (Lipinski definition) is 4. The molecule has 0 saturated carbocycles. The van der Waals surface area contributed by atoms with Gasteiger partial charge < -0.3 is 20.1 Å². The lowest BCUT2D eigenvalue weighted by Crippen LogP contribution is -2.23. The van der Waals surface area contributed by atoms with Crippen LogP contribution in [0, 0.1) is 0 Å². The number of carbonyl (C=O) groups excluding carboxylic acids is 1. The van der Waals surface area contributed by atoms with Crippen LogP contribution in [0.1, 0.15) is 46.8 Å². The summed E-state index contributed by atoms with van der Waals surface area (Å²) in [4.78, 5) is 12.6. The predicted molar refractivity (Wildman–Crippen MR) is 107 cm³/mol. The van der Waals surface area contributed by atoms with E-state index in [9.17, 15) is 4.79 Å². The molecule has 0 bridgehead atoms. The highest BCUT2D eigenvalue weighted by Gasteiger charge is 2.16. The molecular weight excluding hydrogens is 364 g/mol. The number of unbranched alkanes of at least 4 members (excludes halogenated alkanes) is 1. The van der Waals surface area contributed by atoms with E-state index in [-0.39, 0.29) is 5.91 Å². The molecule has 2 N–H and O–H groups in total. The maximum absolute atomic E-state index is 12.6. The molecule has 27 heavy (non-hydrogen) atoms. The van der Waals surface area contributed by atoms with Crippen LogP contribution in [-0.4, -0.2) is 19.6 Å². The van der Waals surface area contributed by atoms with Crippen LogP contribution in [0.4, 0.5) is 0 Å². The van der Waals surface area contributed by atoms with Gasteiger partial charge in [-0.15, -0.1) is 0 Å². The normalized spacial score (nSPS) is 12.6. The van der Waals surface area contributed by atoms with Gasteiger partial charge in [0, 0.05) is 25.2 Å². The highest BCUT2D eigenvalue weighted by molar-refractivity contribution is 6.32. The fourth-order valence-corrected chi connectivity index (χ4v) is 3.32. The highest BCUT2D eigenvalue weighted by Crippen LogP contribution is 2.36. The fraction of sp³-hybridized carbons (Fsp3) is 0.381. The standard InChI is InChI=1S/C21H25ClN2O3/c1-3-4-7-27-20-18(22)9-16(10-19(20)26-2)21(25)24-11-14-5-6-15-12-23-13-17(15)8-14/h5-6,8-10,23H,3-4,7,11-13H2,1-2H3,(H,24,25). The van der Waals surface area contributed by atoms with E-state index in [1.165, 1.54) is 11.1 Å². The van der Waals surface area contributed by atoms with Crippen molar-refractivity contribution >= 4 is 17.5 Å². The van der Waals surface area contributed by atoms with E-state index in [0.29, 0.717) is 35.2 Å². The Balaban J connectivity index is 1.68. The van der Waals surface area contributed by atoms with Crippen LogP contribution in [0.3, 0.4) is 0 Å². The van der Waals surface area contributed by atoms with E-state index in [1.54, 1.807) is 19.2 Å². The number of fused-ring (bicyclic) bond motifs is 1. The smallest absolute Gasteiger partial charge is 0.251 e. The van der Waals surface area contributed by atoms with Gasteiger partial charge in [-0.2, -0.15) is 0 Å². The molecule has 0 unspecified atom stereocenters. The van der Waals surface area contributed by atoms with Crippen LogP contribution in [0.5, 0.6) is 11.5 Å². The van der Waals surface area contributed by atoms with Crippen LogP contribution in [-0.2, 0) is 19.6 Å². The Labute approximate surface area is 165 Å². The molecule has 1 aliphatic rings. The summed E-state index contributed by atoms with van der Waals surface area (Å²) in [5, 5.41) is 6.64.